The van der Waals surface area contributed by atoms with Gasteiger partial charge in [0, 0.05) is 35.3 Å². The molecule has 0 saturated carbocycles. The van der Waals surface area contributed by atoms with Crippen molar-refractivity contribution in [1.82, 2.24) is 0 Å². The largest absolute Gasteiger partial charge is 0.464 e. The van der Waals surface area contributed by atoms with Gasteiger partial charge in [0.1, 0.15) is 5.58 Å². The van der Waals surface area contributed by atoms with Crippen molar-refractivity contribution in [2.24, 2.45) is 0 Å². The van der Waals surface area contributed by atoms with Crippen LogP contribution in [0.25, 0.3) is 21.7 Å². The summed E-state index contributed by atoms with van der Waals surface area (Å²) in [6, 6.07) is 17.8. The zero-order valence-electron chi connectivity index (χ0n) is 16.8. The van der Waals surface area contributed by atoms with Crippen LogP contribution in [0.1, 0.15) is 24.0 Å². The van der Waals surface area contributed by atoms with Crippen molar-refractivity contribution in [3.05, 3.63) is 72.0 Å². The van der Waals surface area contributed by atoms with Crippen molar-refractivity contribution in [2.75, 3.05) is 16.8 Å². The molecule has 0 radical (unpaired) electrons. The minimum Gasteiger partial charge on any atom is -0.464 e. The Morgan fingerprint density at radius 3 is 2.80 bits per heavy atom. The van der Waals surface area contributed by atoms with Gasteiger partial charge >= 0.3 is 0 Å². The number of aryl methyl sites for hydroxylation is 1. The molecule has 5 heteroatoms. The first-order chi connectivity index (χ1) is 14.6. The normalized spacial score (nSPS) is 14.0. The monoisotopic (exact) mass is 398 g/mol. The molecule has 0 spiro atoms. The Labute approximate surface area is 174 Å². The molecule has 5 rings (SSSR count). The minimum absolute atomic E-state index is 0.102. The molecule has 0 atom stereocenters. The van der Waals surface area contributed by atoms with Crippen molar-refractivity contribution < 1.29 is 14.0 Å². The lowest BCUT2D eigenvalue weighted by Crippen LogP contribution is -2.24. The van der Waals surface area contributed by atoms with Gasteiger partial charge in [-0.25, -0.2) is 0 Å². The fourth-order valence-corrected chi connectivity index (χ4v) is 4.32. The Hall–Kier alpha value is -3.60. The number of anilines is 2. The fraction of sp³-hybridized carbons (Fsp3) is 0.200. The number of rotatable bonds is 4. The highest BCUT2D eigenvalue weighted by atomic mass is 16.3. The highest BCUT2D eigenvalue weighted by Gasteiger charge is 2.23. The number of hydrogen-bond acceptors (Lipinski definition) is 3. The van der Waals surface area contributed by atoms with Gasteiger partial charge in [-0.05, 0) is 53.9 Å². The lowest BCUT2D eigenvalue weighted by Gasteiger charge is -2.19. The molecule has 1 saturated heterocycles. The smallest absolute Gasteiger partial charge is 0.228 e. The van der Waals surface area contributed by atoms with E-state index in [2.05, 4.69) is 17.4 Å². The summed E-state index contributed by atoms with van der Waals surface area (Å²) in [6.45, 7) is 2.72. The molecular formula is C25H22N2O3. The van der Waals surface area contributed by atoms with E-state index in [0.717, 1.165) is 57.2 Å². The van der Waals surface area contributed by atoms with Crippen LogP contribution in [0.3, 0.4) is 0 Å². The number of amides is 2. The van der Waals surface area contributed by atoms with E-state index in [4.69, 9.17) is 4.42 Å². The first kappa shape index (κ1) is 18.4. The summed E-state index contributed by atoms with van der Waals surface area (Å²) in [5, 5.41) is 6.17. The summed E-state index contributed by atoms with van der Waals surface area (Å²) in [7, 11) is 0. The molecule has 0 unspecified atom stereocenters. The second-order valence-corrected chi connectivity index (χ2v) is 7.80. The van der Waals surface area contributed by atoms with E-state index in [1.807, 2.05) is 54.3 Å². The van der Waals surface area contributed by atoms with Gasteiger partial charge in [0.25, 0.3) is 0 Å². The first-order valence-corrected chi connectivity index (χ1v) is 10.2. The molecule has 2 amide bonds. The summed E-state index contributed by atoms with van der Waals surface area (Å²) in [6.07, 6.45) is 3.39. The van der Waals surface area contributed by atoms with E-state index < -0.39 is 0 Å². The highest BCUT2D eigenvalue weighted by Crippen LogP contribution is 2.31. The maximum atomic E-state index is 12.7. The minimum atomic E-state index is -0.102. The standard InChI is InChI=1S/C25H22N2O3/c1-16-13-19(9-10-21(16)27-12-4-7-24(27)29)26-23(28)14-18-15-30-22-11-8-17-5-2-3-6-20(17)25(18)22/h2-3,5-6,8-11,13,15H,4,7,12,14H2,1H3,(H,26,28). The van der Waals surface area contributed by atoms with E-state index in [0.29, 0.717) is 6.42 Å². The topological polar surface area (TPSA) is 62.6 Å². The molecule has 1 aliphatic heterocycles. The fourth-order valence-electron chi connectivity index (χ4n) is 4.32. The van der Waals surface area contributed by atoms with Gasteiger partial charge < -0.3 is 14.6 Å². The summed E-state index contributed by atoms with van der Waals surface area (Å²) < 4.78 is 5.69. The highest BCUT2D eigenvalue weighted by molar-refractivity contribution is 6.09. The van der Waals surface area contributed by atoms with Gasteiger partial charge in [0.15, 0.2) is 0 Å². The maximum Gasteiger partial charge on any atom is 0.228 e. The lowest BCUT2D eigenvalue weighted by atomic mass is 10.0. The number of carbonyl (C=O) groups excluding carboxylic acids is 2. The van der Waals surface area contributed by atoms with E-state index >= 15 is 0 Å². The number of furan rings is 1. The van der Waals surface area contributed by atoms with Crippen LogP contribution in [0.5, 0.6) is 0 Å². The van der Waals surface area contributed by atoms with E-state index in [-0.39, 0.29) is 18.2 Å². The quantitative estimate of drug-likeness (QED) is 0.514. The van der Waals surface area contributed by atoms with Gasteiger partial charge in [-0.3, -0.25) is 9.59 Å². The summed E-state index contributed by atoms with van der Waals surface area (Å²) in [5.41, 5.74) is 4.28. The van der Waals surface area contributed by atoms with Crippen LogP contribution in [-0.2, 0) is 16.0 Å². The van der Waals surface area contributed by atoms with E-state index in [1.165, 1.54) is 0 Å². The molecule has 4 aromatic rings. The van der Waals surface area contributed by atoms with Crippen LogP contribution in [0.4, 0.5) is 11.4 Å². The van der Waals surface area contributed by atoms with E-state index in [1.54, 1.807) is 6.26 Å². The molecule has 1 N–H and O–H groups in total. The molecule has 0 aliphatic carbocycles. The van der Waals surface area contributed by atoms with Crippen LogP contribution >= 0.6 is 0 Å². The van der Waals surface area contributed by atoms with Crippen LogP contribution < -0.4 is 10.2 Å². The van der Waals surface area contributed by atoms with Gasteiger partial charge in [-0.2, -0.15) is 0 Å². The molecule has 1 aromatic heterocycles. The van der Waals surface area contributed by atoms with E-state index in [9.17, 15) is 9.59 Å². The predicted octanol–water partition coefficient (Wildman–Crippen LogP) is 5.20. The average Bonchev–Trinajstić information content (AvgIpc) is 3.34. The van der Waals surface area contributed by atoms with Gasteiger partial charge in [0.05, 0.1) is 12.7 Å². The molecule has 1 aliphatic rings. The number of carbonyl (C=O) groups is 2. The summed E-state index contributed by atoms with van der Waals surface area (Å²) >= 11 is 0. The van der Waals surface area contributed by atoms with Crippen molar-refractivity contribution in [3.63, 3.8) is 0 Å². The van der Waals surface area contributed by atoms with Gasteiger partial charge in [-0.1, -0.05) is 30.3 Å². The molecule has 1 fully saturated rings. The Bertz CT molecular complexity index is 1290. The number of benzene rings is 3. The lowest BCUT2D eigenvalue weighted by molar-refractivity contribution is -0.117. The van der Waals surface area contributed by atoms with Crippen molar-refractivity contribution in [3.8, 4) is 0 Å². The Morgan fingerprint density at radius 1 is 1.13 bits per heavy atom. The molecule has 2 heterocycles. The first-order valence-electron chi connectivity index (χ1n) is 10.2. The van der Waals surface area contributed by atoms with Crippen LogP contribution in [0.15, 0.2) is 65.3 Å². The van der Waals surface area contributed by atoms with Crippen molar-refractivity contribution >= 4 is 44.9 Å². The number of nitrogens with zero attached hydrogens (tertiary/aromatic N) is 1. The molecule has 5 nitrogen and oxygen atoms in total. The van der Waals surface area contributed by atoms with Crippen molar-refractivity contribution in [2.45, 2.75) is 26.2 Å². The molecular weight excluding hydrogens is 376 g/mol. The third-order valence-electron chi connectivity index (χ3n) is 5.74. The second kappa shape index (κ2) is 7.34. The third kappa shape index (κ3) is 3.22. The Kier molecular flexibility index (Phi) is 4.51. The summed E-state index contributed by atoms with van der Waals surface area (Å²) in [5.74, 6) is 0.0592. The zero-order valence-corrected chi connectivity index (χ0v) is 16.8. The van der Waals surface area contributed by atoms with Crippen molar-refractivity contribution in [1.29, 1.82) is 0 Å². The molecule has 30 heavy (non-hydrogen) atoms. The van der Waals surface area contributed by atoms with Crippen LogP contribution in [0.2, 0.25) is 0 Å². The summed E-state index contributed by atoms with van der Waals surface area (Å²) in [4.78, 5) is 26.6. The van der Waals surface area contributed by atoms with Crippen LogP contribution in [0, 0.1) is 6.92 Å². The third-order valence-corrected chi connectivity index (χ3v) is 5.74. The Morgan fingerprint density at radius 2 is 2.00 bits per heavy atom. The predicted molar refractivity (Wildman–Crippen MR) is 119 cm³/mol. The second-order valence-electron chi connectivity index (χ2n) is 7.80. The Balaban J connectivity index is 1.37. The molecule has 150 valence electrons. The average molecular weight is 398 g/mol. The zero-order chi connectivity index (χ0) is 20.7. The molecule has 3 aromatic carbocycles. The maximum absolute atomic E-state index is 12.7. The SMILES string of the molecule is Cc1cc(NC(=O)Cc2coc3ccc4ccccc4c23)ccc1N1CCCC1=O. The number of fused-ring (bicyclic) bond motifs is 3. The van der Waals surface area contributed by atoms with Gasteiger partial charge in [0.2, 0.25) is 11.8 Å². The number of hydrogen-bond donors (Lipinski definition) is 1. The number of nitrogens with one attached hydrogen (secondary N) is 1. The molecule has 0 bridgehead atoms. The van der Waals surface area contributed by atoms with Crippen LogP contribution in [-0.4, -0.2) is 18.4 Å². The van der Waals surface area contributed by atoms with Gasteiger partial charge in [-0.15, -0.1) is 0 Å².